The summed E-state index contributed by atoms with van der Waals surface area (Å²) in [4.78, 5) is 25.6. The maximum Gasteiger partial charge on any atom is 0.327 e. The maximum absolute atomic E-state index is 12.0. The number of hydrogen-bond acceptors (Lipinski definition) is 6. The zero-order valence-electron chi connectivity index (χ0n) is 11.1. The molecule has 0 fully saturated rings. The average molecular weight is 311 g/mol. The molecule has 0 unspecified atom stereocenters. The molecule has 0 aliphatic rings. The van der Waals surface area contributed by atoms with E-state index < -0.39 is 39.3 Å². The van der Waals surface area contributed by atoms with E-state index in [4.69, 9.17) is 10.4 Å². The number of nitriles is 1. The number of carboxylic acids is 1. The number of nitrogens with zero attached hydrogens (tertiary/aromatic N) is 2. The van der Waals surface area contributed by atoms with Crippen molar-refractivity contribution in [2.75, 3.05) is 5.75 Å². The molecule has 8 nitrogen and oxygen atoms in total. The molecule has 0 saturated carbocycles. The van der Waals surface area contributed by atoms with Crippen molar-refractivity contribution < 1.29 is 23.1 Å². The van der Waals surface area contributed by atoms with Gasteiger partial charge in [0, 0.05) is 18.7 Å². The summed E-state index contributed by atoms with van der Waals surface area (Å²) in [6.07, 6.45) is 1.35. The predicted molar refractivity (Wildman–Crippen MR) is 71.7 cm³/mol. The van der Waals surface area contributed by atoms with Crippen LogP contribution >= 0.6 is 0 Å². The van der Waals surface area contributed by atoms with E-state index in [2.05, 4.69) is 10.3 Å². The Morgan fingerprint density at radius 2 is 2.19 bits per heavy atom. The van der Waals surface area contributed by atoms with Gasteiger partial charge < -0.3 is 10.4 Å². The number of carbonyl (C=O) groups is 2. The SMILES string of the molecule is CC(=O)N[C@@H](CS(=O)(=O)Cc1cccnc1C#N)C(=O)O. The summed E-state index contributed by atoms with van der Waals surface area (Å²) in [7, 11) is -3.84. The van der Waals surface area contributed by atoms with Gasteiger partial charge in [-0.25, -0.2) is 18.2 Å². The van der Waals surface area contributed by atoms with Gasteiger partial charge in [-0.3, -0.25) is 4.79 Å². The molecule has 0 spiro atoms. The Kier molecular flexibility index (Phi) is 5.37. The summed E-state index contributed by atoms with van der Waals surface area (Å²) in [6, 6.07) is 3.14. The van der Waals surface area contributed by atoms with Crippen LogP contribution in [0.2, 0.25) is 0 Å². The van der Waals surface area contributed by atoms with Crippen LogP contribution < -0.4 is 5.32 Å². The van der Waals surface area contributed by atoms with E-state index in [1.54, 1.807) is 6.07 Å². The van der Waals surface area contributed by atoms with Crippen molar-refractivity contribution >= 4 is 21.7 Å². The summed E-state index contributed by atoms with van der Waals surface area (Å²) >= 11 is 0. The Morgan fingerprint density at radius 1 is 1.52 bits per heavy atom. The Morgan fingerprint density at radius 3 is 2.71 bits per heavy atom. The van der Waals surface area contributed by atoms with E-state index in [-0.39, 0.29) is 11.3 Å². The minimum atomic E-state index is -3.84. The Hall–Kier alpha value is -2.47. The fourth-order valence-electron chi connectivity index (χ4n) is 1.63. The number of nitrogens with one attached hydrogen (secondary N) is 1. The molecule has 0 aliphatic carbocycles. The third-order valence-electron chi connectivity index (χ3n) is 2.47. The molecule has 0 saturated heterocycles. The fraction of sp³-hybridized carbons (Fsp3) is 0.333. The molecular weight excluding hydrogens is 298 g/mol. The van der Waals surface area contributed by atoms with Crippen molar-refractivity contribution in [1.82, 2.24) is 10.3 Å². The van der Waals surface area contributed by atoms with E-state index in [1.807, 2.05) is 0 Å². The van der Waals surface area contributed by atoms with E-state index in [9.17, 15) is 18.0 Å². The van der Waals surface area contributed by atoms with E-state index >= 15 is 0 Å². The van der Waals surface area contributed by atoms with E-state index in [1.165, 1.54) is 18.3 Å². The number of sulfone groups is 1. The molecule has 0 aromatic carbocycles. The second-order valence-electron chi connectivity index (χ2n) is 4.27. The molecule has 0 bridgehead atoms. The van der Waals surface area contributed by atoms with Gasteiger partial charge >= 0.3 is 5.97 Å². The van der Waals surface area contributed by atoms with Crippen LogP contribution in [-0.4, -0.2) is 42.2 Å². The lowest BCUT2D eigenvalue weighted by Gasteiger charge is -2.13. The van der Waals surface area contributed by atoms with Gasteiger partial charge in [-0.2, -0.15) is 5.26 Å². The van der Waals surface area contributed by atoms with Crippen LogP contribution in [0.15, 0.2) is 18.3 Å². The number of aromatic nitrogens is 1. The van der Waals surface area contributed by atoms with Gasteiger partial charge in [0.2, 0.25) is 5.91 Å². The second kappa shape index (κ2) is 6.81. The summed E-state index contributed by atoms with van der Waals surface area (Å²) in [5.74, 6) is -3.37. The van der Waals surface area contributed by atoms with Gasteiger partial charge in [-0.05, 0) is 6.07 Å². The zero-order valence-corrected chi connectivity index (χ0v) is 11.9. The van der Waals surface area contributed by atoms with Crippen LogP contribution in [-0.2, 0) is 25.2 Å². The molecule has 112 valence electrons. The lowest BCUT2D eigenvalue weighted by Crippen LogP contribution is -2.44. The highest BCUT2D eigenvalue weighted by molar-refractivity contribution is 7.90. The molecule has 0 aliphatic heterocycles. The highest BCUT2D eigenvalue weighted by atomic mass is 32.2. The lowest BCUT2D eigenvalue weighted by atomic mass is 10.2. The smallest absolute Gasteiger partial charge is 0.327 e. The monoisotopic (exact) mass is 311 g/mol. The second-order valence-corrected chi connectivity index (χ2v) is 6.38. The van der Waals surface area contributed by atoms with Crippen LogP contribution in [0.25, 0.3) is 0 Å². The number of hydrogen-bond donors (Lipinski definition) is 2. The summed E-state index contributed by atoms with van der Waals surface area (Å²) in [5.41, 5.74) is 0.152. The first-order chi connectivity index (χ1) is 9.75. The van der Waals surface area contributed by atoms with Crippen molar-refractivity contribution in [1.29, 1.82) is 5.26 Å². The number of rotatable bonds is 6. The van der Waals surface area contributed by atoms with Crippen LogP contribution in [0.5, 0.6) is 0 Å². The van der Waals surface area contributed by atoms with Gasteiger partial charge in [-0.1, -0.05) is 6.07 Å². The topological polar surface area (TPSA) is 137 Å². The number of pyridine rings is 1. The Labute approximate surface area is 121 Å². The first-order valence-corrected chi connectivity index (χ1v) is 7.61. The number of aliphatic carboxylic acids is 1. The van der Waals surface area contributed by atoms with Crippen LogP contribution in [0.4, 0.5) is 0 Å². The minimum Gasteiger partial charge on any atom is -0.480 e. The van der Waals surface area contributed by atoms with Gasteiger partial charge in [0.1, 0.15) is 17.8 Å². The van der Waals surface area contributed by atoms with Gasteiger partial charge in [-0.15, -0.1) is 0 Å². The molecular formula is C12H13N3O5S. The first-order valence-electron chi connectivity index (χ1n) is 5.79. The number of carboxylic acid groups (broad SMARTS) is 1. The van der Waals surface area contributed by atoms with Crippen molar-refractivity contribution in [3.8, 4) is 6.07 Å². The molecule has 1 atom stereocenters. The number of amides is 1. The zero-order chi connectivity index (χ0) is 16.0. The van der Waals surface area contributed by atoms with Crippen LogP contribution in [0.1, 0.15) is 18.2 Å². The van der Waals surface area contributed by atoms with Gasteiger partial charge in [0.25, 0.3) is 0 Å². The lowest BCUT2D eigenvalue weighted by molar-refractivity contribution is -0.140. The predicted octanol–water partition coefficient (Wildman–Crippen LogP) is -0.543. The standard InChI is InChI=1S/C12H13N3O5S/c1-8(16)15-11(12(17)18)7-21(19,20)6-9-3-2-4-14-10(9)5-13/h2-4,11H,6-7H2,1H3,(H,15,16)(H,17,18)/t11-/m0/s1. The molecule has 1 heterocycles. The van der Waals surface area contributed by atoms with Crippen molar-refractivity contribution in [3.05, 3.63) is 29.6 Å². The van der Waals surface area contributed by atoms with Gasteiger partial charge in [0.15, 0.2) is 9.84 Å². The highest BCUT2D eigenvalue weighted by Crippen LogP contribution is 2.11. The molecule has 1 aromatic heterocycles. The molecule has 1 amide bonds. The Balaban J connectivity index is 2.93. The van der Waals surface area contributed by atoms with E-state index in [0.717, 1.165) is 6.92 Å². The molecule has 1 rings (SSSR count). The van der Waals surface area contributed by atoms with E-state index in [0.29, 0.717) is 0 Å². The summed E-state index contributed by atoms with van der Waals surface area (Å²) < 4.78 is 24.0. The highest BCUT2D eigenvalue weighted by Gasteiger charge is 2.26. The molecule has 21 heavy (non-hydrogen) atoms. The Bertz CT molecular complexity index is 693. The maximum atomic E-state index is 12.0. The third-order valence-corrected chi connectivity index (χ3v) is 4.06. The van der Waals surface area contributed by atoms with Crippen LogP contribution in [0.3, 0.4) is 0 Å². The van der Waals surface area contributed by atoms with Crippen molar-refractivity contribution in [2.24, 2.45) is 0 Å². The normalized spacial score (nSPS) is 12.2. The number of carbonyl (C=O) groups excluding carboxylic acids is 1. The van der Waals surface area contributed by atoms with Gasteiger partial charge in [0.05, 0.1) is 11.5 Å². The molecule has 1 aromatic rings. The quantitative estimate of drug-likeness (QED) is 0.719. The first kappa shape index (κ1) is 16.6. The van der Waals surface area contributed by atoms with Crippen molar-refractivity contribution in [2.45, 2.75) is 18.7 Å². The molecule has 2 N–H and O–H groups in total. The molecule has 0 radical (unpaired) electrons. The average Bonchev–Trinajstić information content (AvgIpc) is 2.37. The largest absolute Gasteiger partial charge is 0.480 e. The van der Waals surface area contributed by atoms with Crippen LogP contribution in [0, 0.1) is 11.3 Å². The summed E-state index contributed by atoms with van der Waals surface area (Å²) in [5, 5.41) is 19.8. The fourth-order valence-corrected chi connectivity index (χ4v) is 3.18. The summed E-state index contributed by atoms with van der Waals surface area (Å²) in [6.45, 7) is 1.09. The van der Waals surface area contributed by atoms with Crippen molar-refractivity contribution in [3.63, 3.8) is 0 Å². The minimum absolute atomic E-state index is 0.0347. The third kappa shape index (κ3) is 5.19. The molecule has 9 heteroatoms.